The van der Waals surface area contributed by atoms with Crippen molar-refractivity contribution >= 4 is 22.9 Å². The number of pyridine rings is 1. The summed E-state index contributed by atoms with van der Waals surface area (Å²) in [7, 11) is 1.82. The summed E-state index contributed by atoms with van der Waals surface area (Å²) < 4.78 is 13.2. The fourth-order valence-electron chi connectivity index (χ4n) is 1.68. The van der Waals surface area contributed by atoms with Gasteiger partial charge < -0.3 is 5.32 Å². The number of nitrogens with zero attached hydrogens (tertiary/aromatic N) is 1. The van der Waals surface area contributed by atoms with Gasteiger partial charge in [-0.1, -0.05) is 11.6 Å². The molecule has 2 heterocycles. The summed E-state index contributed by atoms with van der Waals surface area (Å²) in [5, 5.41) is 5.86. The topological polar surface area (TPSA) is 24.9 Å². The zero-order chi connectivity index (χ0) is 12.4. The molecule has 5 heteroatoms. The molecule has 0 aliphatic heterocycles. The lowest BCUT2D eigenvalue weighted by molar-refractivity contribution is 0.610. The lowest BCUT2D eigenvalue weighted by atomic mass is 10.1. The minimum Gasteiger partial charge on any atom is -0.309 e. The average Bonchev–Trinajstić information content (AvgIpc) is 2.63. The molecule has 0 bridgehead atoms. The molecule has 0 aromatic carbocycles. The monoisotopic (exact) mass is 270 g/mol. The Morgan fingerprint density at radius 3 is 2.76 bits per heavy atom. The van der Waals surface area contributed by atoms with Crippen LogP contribution in [0.25, 0.3) is 0 Å². The van der Waals surface area contributed by atoms with Gasteiger partial charge in [0.15, 0.2) is 0 Å². The van der Waals surface area contributed by atoms with Gasteiger partial charge in [0.1, 0.15) is 5.82 Å². The second-order valence-corrected chi connectivity index (χ2v) is 5.04. The third-order valence-corrected chi connectivity index (χ3v) is 4.31. The van der Waals surface area contributed by atoms with Gasteiger partial charge in [-0.05, 0) is 36.5 Å². The maximum absolute atomic E-state index is 13.2. The molecule has 0 amide bonds. The molecular formula is C12H12ClFN2S. The molecule has 0 fully saturated rings. The first-order chi connectivity index (χ1) is 8.13. The molecule has 0 saturated carbocycles. The van der Waals surface area contributed by atoms with E-state index in [4.69, 9.17) is 11.6 Å². The SMILES string of the molecule is CNC(c1cncc(F)c1)c1scc(C)c1Cl. The Morgan fingerprint density at radius 1 is 1.47 bits per heavy atom. The predicted octanol–water partition coefficient (Wildman–Crippen LogP) is 3.55. The number of thiophene rings is 1. The van der Waals surface area contributed by atoms with Crippen LogP contribution in [0.15, 0.2) is 23.8 Å². The lowest BCUT2D eigenvalue weighted by Crippen LogP contribution is -2.17. The quantitative estimate of drug-likeness (QED) is 0.923. The highest BCUT2D eigenvalue weighted by Gasteiger charge is 2.19. The van der Waals surface area contributed by atoms with E-state index in [0.717, 1.165) is 21.0 Å². The predicted molar refractivity (Wildman–Crippen MR) is 69.2 cm³/mol. The molecule has 0 aliphatic rings. The molecule has 90 valence electrons. The highest BCUT2D eigenvalue weighted by atomic mass is 35.5. The molecule has 0 radical (unpaired) electrons. The van der Waals surface area contributed by atoms with Crippen molar-refractivity contribution in [3.63, 3.8) is 0 Å². The number of hydrogen-bond acceptors (Lipinski definition) is 3. The number of aromatic nitrogens is 1. The molecule has 1 N–H and O–H groups in total. The van der Waals surface area contributed by atoms with Crippen molar-refractivity contribution in [2.75, 3.05) is 7.05 Å². The first-order valence-electron chi connectivity index (χ1n) is 5.14. The van der Waals surface area contributed by atoms with Gasteiger partial charge in [-0.3, -0.25) is 4.98 Å². The van der Waals surface area contributed by atoms with E-state index >= 15 is 0 Å². The van der Waals surface area contributed by atoms with Crippen LogP contribution in [0.1, 0.15) is 22.0 Å². The normalized spacial score (nSPS) is 12.7. The summed E-state index contributed by atoms with van der Waals surface area (Å²) in [4.78, 5) is 4.85. The Kier molecular flexibility index (Phi) is 3.76. The summed E-state index contributed by atoms with van der Waals surface area (Å²) in [6.07, 6.45) is 2.84. The zero-order valence-corrected chi connectivity index (χ0v) is 11.1. The second-order valence-electron chi connectivity index (χ2n) is 3.76. The standard InChI is InChI=1S/C12H12ClFN2S/c1-7-6-17-12(10(7)13)11(15-2)8-3-9(14)5-16-4-8/h3-6,11,15H,1-2H3. The van der Waals surface area contributed by atoms with Crippen molar-refractivity contribution in [1.82, 2.24) is 10.3 Å². The van der Waals surface area contributed by atoms with Crippen molar-refractivity contribution in [3.8, 4) is 0 Å². The molecule has 2 nitrogen and oxygen atoms in total. The Hall–Kier alpha value is -0.970. The molecule has 0 saturated heterocycles. The molecule has 0 spiro atoms. The smallest absolute Gasteiger partial charge is 0.141 e. The van der Waals surface area contributed by atoms with Gasteiger partial charge in [-0.2, -0.15) is 0 Å². The van der Waals surface area contributed by atoms with E-state index in [1.165, 1.54) is 12.3 Å². The van der Waals surface area contributed by atoms with Gasteiger partial charge in [-0.15, -0.1) is 11.3 Å². The van der Waals surface area contributed by atoms with Crippen molar-refractivity contribution in [2.24, 2.45) is 0 Å². The zero-order valence-electron chi connectivity index (χ0n) is 9.50. The number of halogens is 2. The molecule has 2 aromatic heterocycles. The van der Waals surface area contributed by atoms with Crippen molar-refractivity contribution in [1.29, 1.82) is 0 Å². The van der Waals surface area contributed by atoms with Crippen LogP contribution in [0.2, 0.25) is 5.02 Å². The van der Waals surface area contributed by atoms with E-state index in [-0.39, 0.29) is 11.9 Å². The van der Waals surface area contributed by atoms with Gasteiger partial charge >= 0.3 is 0 Å². The molecular weight excluding hydrogens is 259 g/mol. The third-order valence-electron chi connectivity index (χ3n) is 2.54. The van der Waals surface area contributed by atoms with E-state index in [0.29, 0.717) is 0 Å². The van der Waals surface area contributed by atoms with Crippen LogP contribution >= 0.6 is 22.9 Å². The highest BCUT2D eigenvalue weighted by molar-refractivity contribution is 7.10. The fourth-order valence-corrected chi connectivity index (χ4v) is 3.12. The largest absolute Gasteiger partial charge is 0.309 e. The summed E-state index contributed by atoms with van der Waals surface area (Å²) in [6.45, 7) is 1.96. The Morgan fingerprint density at radius 2 is 2.24 bits per heavy atom. The Balaban J connectivity index is 2.44. The Labute approximate surface area is 108 Å². The molecule has 1 atom stereocenters. The summed E-state index contributed by atoms with van der Waals surface area (Å²) in [6, 6.07) is 1.35. The maximum Gasteiger partial charge on any atom is 0.141 e. The highest BCUT2D eigenvalue weighted by Crippen LogP contribution is 2.35. The molecule has 17 heavy (non-hydrogen) atoms. The van der Waals surface area contributed by atoms with E-state index < -0.39 is 0 Å². The first-order valence-corrected chi connectivity index (χ1v) is 6.40. The average molecular weight is 271 g/mol. The van der Waals surface area contributed by atoms with E-state index in [9.17, 15) is 4.39 Å². The number of rotatable bonds is 3. The summed E-state index contributed by atoms with van der Waals surface area (Å²) in [5.74, 6) is -0.341. The number of nitrogens with one attached hydrogen (secondary N) is 1. The Bertz CT molecular complexity index is 527. The first kappa shape index (κ1) is 12.5. The van der Waals surface area contributed by atoms with Crippen LogP contribution in [-0.4, -0.2) is 12.0 Å². The minimum atomic E-state index is -0.341. The summed E-state index contributed by atoms with van der Waals surface area (Å²) in [5.41, 5.74) is 1.81. The van der Waals surface area contributed by atoms with Gasteiger partial charge in [0.25, 0.3) is 0 Å². The fraction of sp³-hybridized carbons (Fsp3) is 0.250. The third kappa shape index (κ3) is 2.49. The van der Waals surface area contributed by atoms with E-state index in [2.05, 4.69) is 10.3 Å². The van der Waals surface area contributed by atoms with E-state index in [1.54, 1.807) is 17.5 Å². The van der Waals surface area contributed by atoms with Crippen LogP contribution in [0.4, 0.5) is 4.39 Å². The van der Waals surface area contributed by atoms with Gasteiger partial charge in [0, 0.05) is 11.1 Å². The van der Waals surface area contributed by atoms with Gasteiger partial charge in [-0.25, -0.2) is 4.39 Å². The minimum absolute atomic E-state index is 0.121. The van der Waals surface area contributed by atoms with Crippen LogP contribution in [0.3, 0.4) is 0 Å². The van der Waals surface area contributed by atoms with E-state index in [1.807, 2.05) is 19.4 Å². The number of hydrogen-bond donors (Lipinski definition) is 1. The maximum atomic E-state index is 13.2. The van der Waals surface area contributed by atoms with Gasteiger partial charge in [0.2, 0.25) is 0 Å². The van der Waals surface area contributed by atoms with Gasteiger partial charge in [0.05, 0.1) is 17.3 Å². The van der Waals surface area contributed by atoms with Crippen LogP contribution in [-0.2, 0) is 0 Å². The summed E-state index contributed by atoms with van der Waals surface area (Å²) >= 11 is 7.79. The molecule has 2 aromatic rings. The van der Waals surface area contributed by atoms with Crippen LogP contribution in [0.5, 0.6) is 0 Å². The number of aryl methyl sites for hydroxylation is 1. The molecule has 2 rings (SSSR count). The molecule has 1 unspecified atom stereocenters. The molecule has 0 aliphatic carbocycles. The lowest BCUT2D eigenvalue weighted by Gasteiger charge is -2.15. The van der Waals surface area contributed by atoms with Crippen molar-refractivity contribution in [2.45, 2.75) is 13.0 Å². The van der Waals surface area contributed by atoms with Crippen LogP contribution < -0.4 is 5.32 Å². The van der Waals surface area contributed by atoms with Crippen molar-refractivity contribution < 1.29 is 4.39 Å². The van der Waals surface area contributed by atoms with Crippen molar-refractivity contribution in [3.05, 3.63) is 50.7 Å². The van der Waals surface area contributed by atoms with Crippen LogP contribution in [0, 0.1) is 12.7 Å². The second kappa shape index (κ2) is 5.12.